The van der Waals surface area contributed by atoms with Crippen molar-refractivity contribution < 1.29 is 9.59 Å². The molecule has 6 nitrogen and oxygen atoms in total. The van der Waals surface area contributed by atoms with Gasteiger partial charge in [0.2, 0.25) is 0 Å². The van der Waals surface area contributed by atoms with E-state index < -0.39 is 11.8 Å². The fourth-order valence-corrected chi connectivity index (χ4v) is 2.85. The quantitative estimate of drug-likeness (QED) is 0.698. The molecule has 0 fully saturated rings. The zero-order valence-corrected chi connectivity index (χ0v) is 17.5. The number of carbonyl (C=O) groups excluding carboxylic acids is 2. The molecule has 2 rings (SSSR count). The van der Waals surface area contributed by atoms with Crippen LogP contribution in [0.25, 0.3) is 0 Å². The highest BCUT2D eigenvalue weighted by Crippen LogP contribution is 2.20. The summed E-state index contributed by atoms with van der Waals surface area (Å²) < 4.78 is 0. The summed E-state index contributed by atoms with van der Waals surface area (Å²) in [7, 11) is 7.86. The molecule has 2 aromatic rings. The minimum Gasteiger partial charge on any atom is -0.378 e. The van der Waals surface area contributed by atoms with Gasteiger partial charge in [0, 0.05) is 37.9 Å². The highest BCUT2D eigenvalue weighted by Gasteiger charge is 2.18. The van der Waals surface area contributed by atoms with E-state index in [1.54, 1.807) is 24.3 Å². The molecule has 0 saturated heterocycles. The van der Waals surface area contributed by atoms with Crippen molar-refractivity contribution in [2.75, 3.05) is 39.6 Å². The molecule has 0 aromatic heterocycles. The van der Waals surface area contributed by atoms with Gasteiger partial charge in [0.25, 0.3) is 0 Å². The van der Waals surface area contributed by atoms with Crippen LogP contribution >= 0.6 is 11.6 Å². The van der Waals surface area contributed by atoms with Crippen molar-refractivity contribution in [2.45, 2.75) is 12.6 Å². The van der Waals surface area contributed by atoms with Gasteiger partial charge in [-0.25, -0.2) is 0 Å². The Bertz CT molecular complexity index is 789. The van der Waals surface area contributed by atoms with Crippen molar-refractivity contribution in [3.05, 3.63) is 64.7 Å². The third-order valence-electron chi connectivity index (χ3n) is 4.45. The second-order valence-electron chi connectivity index (χ2n) is 6.98. The smallest absolute Gasteiger partial charge is 0.309 e. The molecule has 7 heteroatoms. The molecule has 2 N–H and O–H groups in total. The molecule has 0 unspecified atom stereocenters. The molecule has 2 amide bonds. The normalized spacial score (nSPS) is 11.8. The van der Waals surface area contributed by atoms with Crippen molar-refractivity contribution in [2.24, 2.45) is 0 Å². The summed E-state index contributed by atoms with van der Waals surface area (Å²) in [6.45, 7) is 0.605. The SMILES string of the molecule is CN(C)c1ccc([C@H](CNC(=O)C(=O)NCc2ccc(Cl)cc2)N(C)C)cc1. The zero-order valence-electron chi connectivity index (χ0n) is 16.7. The molecule has 150 valence electrons. The number of hydrogen-bond donors (Lipinski definition) is 2. The van der Waals surface area contributed by atoms with Crippen LogP contribution in [0.3, 0.4) is 0 Å². The van der Waals surface area contributed by atoms with Crippen LogP contribution < -0.4 is 15.5 Å². The van der Waals surface area contributed by atoms with Gasteiger partial charge in [0.05, 0.1) is 6.04 Å². The van der Waals surface area contributed by atoms with Gasteiger partial charge in [-0.3, -0.25) is 9.59 Å². The van der Waals surface area contributed by atoms with E-state index in [-0.39, 0.29) is 12.6 Å². The van der Waals surface area contributed by atoms with Crippen LogP contribution in [-0.4, -0.2) is 51.4 Å². The minimum absolute atomic E-state index is 0.0378. The number of anilines is 1. The Labute approximate surface area is 171 Å². The van der Waals surface area contributed by atoms with Crippen LogP contribution in [-0.2, 0) is 16.1 Å². The summed E-state index contributed by atoms with van der Waals surface area (Å²) in [5.74, 6) is -1.30. The van der Waals surface area contributed by atoms with Gasteiger partial charge < -0.3 is 20.4 Å². The summed E-state index contributed by atoms with van der Waals surface area (Å²) in [5, 5.41) is 5.96. The van der Waals surface area contributed by atoms with Crippen molar-refractivity contribution in [1.82, 2.24) is 15.5 Å². The summed E-state index contributed by atoms with van der Waals surface area (Å²) in [6.07, 6.45) is 0. The Balaban J connectivity index is 1.90. The highest BCUT2D eigenvalue weighted by atomic mass is 35.5. The van der Waals surface area contributed by atoms with Gasteiger partial charge in [-0.05, 0) is 49.5 Å². The first-order valence-electron chi connectivity index (χ1n) is 9.02. The van der Waals surface area contributed by atoms with Crippen molar-refractivity contribution >= 4 is 29.1 Å². The van der Waals surface area contributed by atoms with E-state index >= 15 is 0 Å². The van der Waals surface area contributed by atoms with E-state index in [1.807, 2.05) is 62.3 Å². The third kappa shape index (κ3) is 6.25. The van der Waals surface area contributed by atoms with E-state index in [2.05, 4.69) is 10.6 Å². The zero-order chi connectivity index (χ0) is 20.7. The van der Waals surface area contributed by atoms with Crippen molar-refractivity contribution in [3.63, 3.8) is 0 Å². The molecule has 0 heterocycles. The van der Waals surface area contributed by atoms with E-state index in [0.29, 0.717) is 11.6 Å². The van der Waals surface area contributed by atoms with Crippen molar-refractivity contribution in [1.29, 1.82) is 0 Å². The molecule has 2 aromatic carbocycles. The molecule has 0 radical (unpaired) electrons. The maximum absolute atomic E-state index is 12.2. The minimum atomic E-state index is -0.657. The number of likely N-dealkylation sites (N-methyl/N-ethyl adjacent to an activating group) is 1. The monoisotopic (exact) mass is 402 g/mol. The Morgan fingerprint density at radius 3 is 2.00 bits per heavy atom. The van der Waals surface area contributed by atoms with Gasteiger partial charge >= 0.3 is 11.8 Å². The fraction of sp³-hybridized carbons (Fsp3) is 0.333. The standard InChI is InChI=1S/C21H27ClN4O2/c1-25(2)18-11-7-16(8-12-18)19(26(3)4)14-24-21(28)20(27)23-13-15-5-9-17(22)10-6-15/h5-12,19H,13-14H2,1-4H3,(H,23,27)(H,24,28)/t19-/m0/s1. The van der Waals surface area contributed by atoms with E-state index in [1.165, 1.54) is 0 Å². The summed E-state index contributed by atoms with van der Waals surface area (Å²) in [4.78, 5) is 28.2. The topological polar surface area (TPSA) is 64.7 Å². The van der Waals surface area contributed by atoms with Crippen LogP contribution in [0, 0.1) is 0 Å². The molecule has 0 aliphatic carbocycles. The van der Waals surface area contributed by atoms with E-state index in [0.717, 1.165) is 16.8 Å². The number of nitrogens with one attached hydrogen (secondary N) is 2. The van der Waals surface area contributed by atoms with Crippen molar-refractivity contribution in [3.8, 4) is 0 Å². The fourth-order valence-electron chi connectivity index (χ4n) is 2.73. The van der Waals surface area contributed by atoms with Gasteiger partial charge in [-0.1, -0.05) is 35.9 Å². The van der Waals surface area contributed by atoms with Crippen LogP contribution in [0.15, 0.2) is 48.5 Å². The molecule has 28 heavy (non-hydrogen) atoms. The Morgan fingerprint density at radius 2 is 1.46 bits per heavy atom. The first kappa shape index (κ1) is 21.7. The molecule has 0 aliphatic rings. The van der Waals surface area contributed by atoms with Crippen LogP contribution in [0.2, 0.25) is 5.02 Å². The number of carbonyl (C=O) groups is 2. The largest absolute Gasteiger partial charge is 0.378 e. The number of nitrogens with zero attached hydrogens (tertiary/aromatic N) is 2. The first-order chi connectivity index (χ1) is 13.3. The van der Waals surface area contributed by atoms with E-state index in [4.69, 9.17) is 11.6 Å². The Morgan fingerprint density at radius 1 is 0.893 bits per heavy atom. The molecule has 1 atom stereocenters. The van der Waals surface area contributed by atoms with Crippen LogP contribution in [0.5, 0.6) is 0 Å². The Kier molecular flexibility index (Phi) is 7.84. The summed E-state index contributed by atoms with van der Waals surface area (Å²) in [5.41, 5.74) is 3.04. The molecule has 0 aliphatic heterocycles. The van der Waals surface area contributed by atoms with Crippen LogP contribution in [0.1, 0.15) is 17.2 Å². The lowest BCUT2D eigenvalue weighted by Gasteiger charge is -2.25. The number of rotatable bonds is 7. The van der Waals surface area contributed by atoms with Crippen LogP contribution in [0.4, 0.5) is 5.69 Å². The number of benzene rings is 2. The number of halogens is 1. The third-order valence-corrected chi connectivity index (χ3v) is 4.70. The summed E-state index contributed by atoms with van der Waals surface area (Å²) >= 11 is 5.84. The second kappa shape index (κ2) is 10.1. The maximum atomic E-state index is 12.2. The predicted molar refractivity (Wildman–Crippen MR) is 114 cm³/mol. The Hall–Kier alpha value is -2.57. The summed E-state index contributed by atoms with van der Waals surface area (Å²) in [6, 6.07) is 15.2. The average Bonchev–Trinajstić information content (AvgIpc) is 2.67. The first-order valence-corrected chi connectivity index (χ1v) is 9.40. The molecule has 0 spiro atoms. The number of amides is 2. The average molecular weight is 403 g/mol. The molecular weight excluding hydrogens is 376 g/mol. The predicted octanol–water partition coefficient (Wildman–Crippen LogP) is 2.44. The lowest BCUT2D eigenvalue weighted by molar-refractivity contribution is -0.139. The second-order valence-corrected chi connectivity index (χ2v) is 7.42. The van der Waals surface area contributed by atoms with Gasteiger partial charge in [0.1, 0.15) is 0 Å². The van der Waals surface area contributed by atoms with Gasteiger partial charge in [-0.2, -0.15) is 0 Å². The molecule has 0 bridgehead atoms. The lowest BCUT2D eigenvalue weighted by atomic mass is 10.1. The molecule has 0 saturated carbocycles. The highest BCUT2D eigenvalue weighted by molar-refractivity contribution is 6.35. The number of hydrogen-bond acceptors (Lipinski definition) is 4. The molecular formula is C21H27ClN4O2. The maximum Gasteiger partial charge on any atom is 0.309 e. The van der Waals surface area contributed by atoms with Gasteiger partial charge in [-0.15, -0.1) is 0 Å². The van der Waals surface area contributed by atoms with E-state index in [9.17, 15) is 9.59 Å². The lowest BCUT2D eigenvalue weighted by Crippen LogP contribution is -2.42. The van der Waals surface area contributed by atoms with Gasteiger partial charge in [0.15, 0.2) is 0 Å².